The Bertz CT molecular complexity index is 1410. The van der Waals surface area contributed by atoms with Gasteiger partial charge in [0.25, 0.3) is 0 Å². The molecule has 0 saturated heterocycles. The van der Waals surface area contributed by atoms with Crippen LogP contribution in [0.4, 0.5) is 0 Å². The number of carbonyl (C=O) groups is 1. The van der Waals surface area contributed by atoms with E-state index in [4.69, 9.17) is 23.4 Å². The normalized spacial score (nSPS) is 11.8. The van der Waals surface area contributed by atoms with Gasteiger partial charge in [-0.3, -0.25) is 0 Å². The Balaban J connectivity index is 1.36. The SMILES string of the molecule is COc1ccc(OC(CC/C=C/c2cc(OC)ccc2OCCc2nc(-c3ccccc3)oc2C)C(=O)O)cc1. The van der Waals surface area contributed by atoms with Crippen molar-refractivity contribution in [1.82, 2.24) is 4.98 Å². The molecule has 0 radical (unpaired) electrons. The molecule has 0 aliphatic rings. The van der Waals surface area contributed by atoms with Crippen LogP contribution >= 0.6 is 0 Å². The van der Waals surface area contributed by atoms with Gasteiger partial charge in [-0.1, -0.05) is 30.4 Å². The quantitative estimate of drug-likeness (QED) is 0.190. The van der Waals surface area contributed by atoms with E-state index >= 15 is 0 Å². The van der Waals surface area contributed by atoms with Crippen LogP contribution < -0.4 is 18.9 Å². The van der Waals surface area contributed by atoms with Gasteiger partial charge in [-0.05, 0) is 74.4 Å². The summed E-state index contributed by atoms with van der Waals surface area (Å²) in [4.78, 5) is 16.4. The second-order valence-corrected chi connectivity index (χ2v) is 8.99. The van der Waals surface area contributed by atoms with E-state index in [9.17, 15) is 9.90 Å². The van der Waals surface area contributed by atoms with Gasteiger partial charge in [0, 0.05) is 17.5 Å². The lowest BCUT2D eigenvalue weighted by Crippen LogP contribution is -2.26. The van der Waals surface area contributed by atoms with Crippen LogP contribution in [-0.2, 0) is 11.2 Å². The van der Waals surface area contributed by atoms with E-state index < -0.39 is 12.1 Å². The fourth-order valence-electron chi connectivity index (χ4n) is 4.05. The minimum atomic E-state index is -1.02. The van der Waals surface area contributed by atoms with Crippen LogP contribution in [0.5, 0.6) is 23.0 Å². The maximum absolute atomic E-state index is 11.7. The van der Waals surface area contributed by atoms with Gasteiger partial charge in [0.2, 0.25) is 5.89 Å². The lowest BCUT2D eigenvalue weighted by Gasteiger charge is -2.14. The molecule has 4 aromatic rings. The molecule has 1 aromatic heterocycles. The van der Waals surface area contributed by atoms with Gasteiger partial charge >= 0.3 is 5.97 Å². The van der Waals surface area contributed by atoms with Crippen molar-refractivity contribution in [2.45, 2.75) is 32.3 Å². The lowest BCUT2D eigenvalue weighted by atomic mass is 10.1. The topological polar surface area (TPSA) is 100 Å². The molecular formula is C32H33NO7. The van der Waals surface area contributed by atoms with E-state index in [1.807, 2.05) is 67.6 Å². The van der Waals surface area contributed by atoms with Crippen LogP contribution in [-0.4, -0.2) is 43.0 Å². The smallest absolute Gasteiger partial charge is 0.344 e. The Morgan fingerprint density at radius 1 is 0.975 bits per heavy atom. The van der Waals surface area contributed by atoms with Gasteiger partial charge in [-0.2, -0.15) is 0 Å². The maximum atomic E-state index is 11.7. The molecule has 3 aromatic carbocycles. The molecule has 0 fully saturated rings. The number of hydrogen-bond donors (Lipinski definition) is 1. The molecule has 0 aliphatic carbocycles. The first-order chi connectivity index (χ1) is 19.5. The highest BCUT2D eigenvalue weighted by atomic mass is 16.5. The van der Waals surface area contributed by atoms with Crippen molar-refractivity contribution in [1.29, 1.82) is 0 Å². The van der Waals surface area contributed by atoms with Crippen LogP contribution in [0.25, 0.3) is 17.5 Å². The molecule has 208 valence electrons. The molecule has 0 aliphatic heterocycles. The van der Waals surface area contributed by atoms with Gasteiger partial charge in [0.05, 0.1) is 26.5 Å². The van der Waals surface area contributed by atoms with Crippen LogP contribution in [0, 0.1) is 6.92 Å². The molecule has 1 N–H and O–H groups in total. The van der Waals surface area contributed by atoms with Gasteiger partial charge in [-0.15, -0.1) is 0 Å². The summed E-state index contributed by atoms with van der Waals surface area (Å²) in [7, 11) is 3.18. The summed E-state index contributed by atoms with van der Waals surface area (Å²) in [5, 5.41) is 9.62. The number of ether oxygens (including phenoxy) is 4. The standard InChI is InChI=1S/C32H33NO7/c1-22-28(33-31(39-22)23-9-5-4-6-10-23)19-20-38-29-18-17-27(37-3)21-24(29)11-7-8-12-30(32(34)35)40-26-15-13-25(36-2)14-16-26/h4-7,9-11,13-18,21,30H,8,12,19-20H2,1-3H3,(H,34,35)/b11-7+. The summed E-state index contributed by atoms with van der Waals surface area (Å²) in [6.45, 7) is 2.31. The van der Waals surface area contributed by atoms with Crippen LogP contribution in [0.15, 0.2) is 83.3 Å². The number of carboxylic acid groups (broad SMARTS) is 1. The predicted octanol–water partition coefficient (Wildman–Crippen LogP) is 6.61. The number of aliphatic carboxylic acids is 1. The summed E-state index contributed by atoms with van der Waals surface area (Å²) < 4.78 is 28.2. The van der Waals surface area contributed by atoms with Crippen LogP contribution in [0.3, 0.4) is 0 Å². The van der Waals surface area contributed by atoms with Crippen LogP contribution in [0.1, 0.15) is 29.9 Å². The van der Waals surface area contributed by atoms with Crippen molar-refractivity contribution < 1.29 is 33.3 Å². The number of rotatable bonds is 14. The zero-order chi connectivity index (χ0) is 28.3. The molecule has 1 atom stereocenters. The third-order valence-electron chi connectivity index (χ3n) is 6.23. The molecule has 0 amide bonds. The number of aryl methyl sites for hydroxylation is 1. The Kier molecular flexibility index (Phi) is 9.83. The van der Waals surface area contributed by atoms with Crippen molar-refractivity contribution in [3.05, 3.63) is 95.9 Å². The second kappa shape index (κ2) is 13.9. The minimum absolute atomic E-state index is 0.299. The number of allylic oxidation sites excluding steroid dienone is 1. The Labute approximate surface area is 233 Å². The van der Waals surface area contributed by atoms with Gasteiger partial charge in [0.1, 0.15) is 28.8 Å². The zero-order valence-corrected chi connectivity index (χ0v) is 22.8. The predicted molar refractivity (Wildman–Crippen MR) is 152 cm³/mol. The molecule has 0 spiro atoms. The molecule has 4 rings (SSSR count). The van der Waals surface area contributed by atoms with E-state index in [1.165, 1.54) is 0 Å². The number of oxazole rings is 1. The highest BCUT2D eigenvalue weighted by molar-refractivity contribution is 5.72. The maximum Gasteiger partial charge on any atom is 0.344 e. The summed E-state index contributed by atoms with van der Waals surface area (Å²) in [6, 6.07) is 22.2. The summed E-state index contributed by atoms with van der Waals surface area (Å²) in [6.07, 6.45) is 4.20. The second-order valence-electron chi connectivity index (χ2n) is 8.99. The monoisotopic (exact) mass is 543 g/mol. The van der Waals surface area contributed by atoms with Gasteiger partial charge < -0.3 is 28.5 Å². The molecular weight excluding hydrogens is 510 g/mol. The van der Waals surface area contributed by atoms with Crippen molar-refractivity contribution >= 4 is 12.0 Å². The average Bonchev–Trinajstić information content (AvgIpc) is 3.36. The first-order valence-corrected chi connectivity index (χ1v) is 13.0. The van der Waals surface area contributed by atoms with E-state index in [1.54, 1.807) is 38.5 Å². The molecule has 1 unspecified atom stereocenters. The summed E-state index contributed by atoms with van der Waals surface area (Å²) >= 11 is 0. The Morgan fingerprint density at radius 3 is 2.38 bits per heavy atom. The first kappa shape index (κ1) is 28.3. The van der Waals surface area contributed by atoms with Crippen molar-refractivity contribution in [2.24, 2.45) is 0 Å². The highest BCUT2D eigenvalue weighted by Gasteiger charge is 2.18. The van der Waals surface area contributed by atoms with Crippen molar-refractivity contribution in [2.75, 3.05) is 20.8 Å². The Hall–Kier alpha value is -4.72. The van der Waals surface area contributed by atoms with E-state index in [0.29, 0.717) is 54.8 Å². The highest BCUT2D eigenvalue weighted by Crippen LogP contribution is 2.27. The first-order valence-electron chi connectivity index (χ1n) is 13.0. The number of hydrogen-bond acceptors (Lipinski definition) is 7. The third kappa shape index (κ3) is 7.66. The van der Waals surface area contributed by atoms with Gasteiger partial charge in [0.15, 0.2) is 6.10 Å². The molecule has 8 nitrogen and oxygen atoms in total. The summed E-state index contributed by atoms with van der Waals surface area (Å²) in [5.41, 5.74) is 2.60. The fourth-order valence-corrected chi connectivity index (χ4v) is 4.05. The lowest BCUT2D eigenvalue weighted by molar-refractivity contribution is -0.145. The molecule has 40 heavy (non-hydrogen) atoms. The number of methoxy groups -OCH3 is 2. The fraction of sp³-hybridized carbons (Fsp3) is 0.250. The average molecular weight is 544 g/mol. The van der Waals surface area contributed by atoms with Crippen molar-refractivity contribution in [3.63, 3.8) is 0 Å². The van der Waals surface area contributed by atoms with Gasteiger partial charge in [-0.25, -0.2) is 9.78 Å². The largest absolute Gasteiger partial charge is 0.497 e. The number of carboxylic acids is 1. The van der Waals surface area contributed by atoms with Crippen molar-refractivity contribution in [3.8, 4) is 34.5 Å². The molecule has 1 heterocycles. The number of benzene rings is 3. The van der Waals surface area contributed by atoms with E-state index in [-0.39, 0.29) is 0 Å². The molecule has 0 saturated carbocycles. The molecule has 0 bridgehead atoms. The van der Waals surface area contributed by atoms with E-state index in [0.717, 1.165) is 22.6 Å². The Morgan fingerprint density at radius 2 is 1.68 bits per heavy atom. The summed E-state index contributed by atoms with van der Waals surface area (Å²) in [5.74, 6) is 2.86. The number of nitrogens with zero attached hydrogens (tertiary/aromatic N) is 1. The third-order valence-corrected chi connectivity index (χ3v) is 6.23. The van der Waals surface area contributed by atoms with E-state index in [2.05, 4.69) is 4.98 Å². The van der Waals surface area contributed by atoms with Crippen LogP contribution in [0.2, 0.25) is 0 Å². The zero-order valence-electron chi connectivity index (χ0n) is 22.8. The number of aromatic nitrogens is 1. The minimum Gasteiger partial charge on any atom is -0.497 e. The molecule has 8 heteroatoms.